The van der Waals surface area contributed by atoms with Crippen molar-refractivity contribution in [1.29, 1.82) is 0 Å². The van der Waals surface area contributed by atoms with E-state index in [0.717, 1.165) is 37.9 Å². The molecule has 0 aliphatic carbocycles. The third kappa shape index (κ3) is 3.22. The van der Waals surface area contributed by atoms with Gasteiger partial charge in [0.2, 0.25) is 10.0 Å². The summed E-state index contributed by atoms with van der Waals surface area (Å²) in [5, 5.41) is 3.29. The van der Waals surface area contributed by atoms with Crippen LogP contribution in [0.3, 0.4) is 0 Å². The third-order valence-corrected chi connectivity index (χ3v) is 5.95. The summed E-state index contributed by atoms with van der Waals surface area (Å²) in [4.78, 5) is 0.451. The van der Waals surface area contributed by atoms with E-state index in [0.29, 0.717) is 11.4 Å². The number of rotatable bonds is 5. The zero-order valence-electron chi connectivity index (χ0n) is 12.3. The first-order valence-corrected chi connectivity index (χ1v) is 8.79. The van der Waals surface area contributed by atoms with Crippen LogP contribution in [0.2, 0.25) is 0 Å². The van der Waals surface area contributed by atoms with Crippen molar-refractivity contribution in [2.24, 2.45) is 0 Å². The highest BCUT2D eigenvalue weighted by Crippen LogP contribution is 2.24. The second-order valence-corrected chi connectivity index (χ2v) is 7.22. The van der Waals surface area contributed by atoms with E-state index >= 15 is 0 Å². The Kier molecular flexibility index (Phi) is 5.18. The van der Waals surface area contributed by atoms with E-state index in [-0.39, 0.29) is 6.04 Å². The quantitative estimate of drug-likeness (QED) is 0.906. The highest BCUT2D eigenvalue weighted by Gasteiger charge is 2.32. The molecule has 1 aromatic carbocycles. The van der Waals surface area contributed by atoms with Gasteiger partial charge in [0.05, 0.1) is 4.90 Å². The van der Waals surface area contributed by atoms with Gasteiger partial charge in [0.15, 0.2) is 0 Å². The molecule has 1 heterocycles. The van der Waals surface area contributed by atoms with Crippen LogP contribution in [0.1, 0.15) is 31.7 Å². The largest absolute Gasteiger partial charge is 0.317 e. The molecule has 1 aliphatic rings. The molecule has 1 aromatic rings. The van der Waals surface area contributed by atoms with Gasteiger partial charge in [-0.25, -0.2) is 8.42 Å². The molecule has 0 atom stereocenters. The van der Waals surface area contributed by atoms with Gasteiger partial charge in [-0.3, -0.25) is 0 Å². The van der Waals surface area contributed by atoms with Crippen LogP contribution in [0.4, 0.5) is 0 Å². The Bertz CT molecular complexity index is 537. The Balaban J connectivity index is 2.34. The van der Waals surface area contributed by atoms with E-state index in [2.05, 4.69) is 5.32 Å². The van der Waals surface area contributed by atoms with Crippen molar-refractivity contribution in [1.82, 2.24) is 9.62 Å². The Morgan fingerprint density at radius 3 is 2.50 bits per heavy atom. The number of piperidine rings is 1. The molecule has 4 nitrogen and oxygen atoms in total. The minimum atomic E-state index is -3.39. The molecule has 0 bridgehead atoms. The summed E-state index contributed by atoms with van der Waals surface area (Å²) >= 11 is 0. The van der Waals surface area contributed by atoms with Crippen LogP contribution < -0.4 is 5.32 Å². The molecule has 2 rings (SSSR count). The molecule has 1 saturated heterocycles. The Labute approximate surface area is 122 Å². The zero-order valence-corrected chi connectivity index (χ0v) is 13.1. The highest BCUT2D eigenvalue weighted by molar-refractivity contribution is 7.89. The lowest BCUT2D eigenvalue weighted by molar-refractivity contribution is 0.262. The SMILES string of the molecule is CCCN(C1CCNCC1)S(=O)(=O)c1ccccc1C. The lowest BCUT2D eigenvalue weighted by Gasteiger charge is -2.33. The average Bonchev–Trinajstić information content (AvgIpc) is 2.45. The van der Waals surface area contributed by atoms with Crippen molar-refractivity contribution in [2.75, 3.05) is 19.6 Å². The summed E-state index contributed by atoms with van der Waals surface area (Å²) < 4.78 is 27.6. The third-order valence-electron chi connectivity index (χ3n) is 3.84. The van der Waals surface area contributed by atoms with E-state index in [1.165, 1.54) is 0 Å². The number of nitrogens with one attached hydrogen (secondary N) is 1. The van der Waals surface area contributed by atoms with Crippen molar-refractivity contribution >= 4 is 10.0 Å². The van der Waals surface area contributed by atoms with Gasteiger partial charge in [0, 0.05) is 12.6 Å². The maximum Gasteiger partial charge on any atom is 0.243 e. The van der Waals surface area contributed by atoms with E-state index < -0.39 is 10.0 Å². The number of hydrogen-bond acceptors (Lipinski definition) is 3. The van der Waals surface area contributed by atoms with Gasteiger partial charge in [-0.1, -0.05) is 25.1 Å². The minimum Gasteiger partial charge on any atom is -0.317 e. The summed E-state index contributed by atoms with van der Waals surface area (Å²) in [5.74, 6) is 0. The van der Waals surface area contributed by atoms with E-state index in [9.17, 15) is 8.42 Å². The van der Waals surface area contributed by atoms with E-state index in [4.69, 9.17) is 0 Å². The Morgan fingerprint density at radius 1 is 1.25 bits per heavy atom. The second-order valence-electron chi connectivity index (χ2n) is 5.36. The van der Waals surface area contributed by atoms with Gasteiger partial charge < -0.3 is 5.32 Å². The van der Waals surface area contributed by atoms with Crippen LogP contribution >= 0.6 is 0 Å². The first-order chi connectivity index (χ1) is 9.57. The van der Waals surface area contributed by atoms with Crippen molar-refractivity contribution in [2.45, 2.75) is 44.0 Å². The van der Waals surface area contributed by atoms with E-state index in [1.807, 2.05) is 26.0 Å². The van der Waals surface area contributed by atoms with Gasteiger partial charge in [0.1, 0.15) is 0 Å². The lowest BCUT2D eigenvalue weighted by Crippen LogP contribution is -2.46. The molecule has 1 aliphatic heterocycles. The lowest BCUT2D eigenvalue weighted by atomic mass is 10.1. The number of hydrogen-bond donors (Lipinski definition) is 1. The predicted molar refractivity (Wildman–Crippen MR) is 81.3 cm³/mol. The average molecular weight is 296 g/mol. The fourth-order valence-electron chi connectivity index (χ4n) is 2.79. The van der Waals surface area contributed by atoms with Crippen LogP contribution in [-0.2, 0) is 10.0 Å². The van der Waals surface area contributed by atoms with Gasteiger partial charge in [-0.15, -0.1) is 0 Å². The molecular formula is C15H24N2O2S. The normalized spacial score (nSPS) is 17.6. The van der Waals surface area contributed by atoms with Gasteiger partial charge >= 0.3 is 0 Å². The van der Waals surface area contributed by atoms with Crippen LogP contribution in [-0.4, -0.2) is 38.4 Å². The molecule has 0 radical (unpaired) electrons. The van der Waals surface area contributed by atoms with Crippen LogP contribution in [0.15, 0.2) is 29.2 Å². The van der Waals surface area contributed by atoms with Crippen LogP contribution in [0.25, 0.3) is 0 Å². The van der Waals surface area contributed by atoms with Crippen LogP contribution in [0, 0.1) is 6.92 Å². The maximum atomic E-state index is 12.9. The zero-order chi connectivity index (χ0) is 14.6. The van der Waals surface area contributed by atoms with Crippen LogP contribution in [0.5, 0.6) is 0 Å². The summed E-state index contributed by atoms with van der Waals surface area (Å²) in [6.07, 6.45) is 2.63. The fourth-order valence-corrected chi connectivity index (χ4v) is 4.79. The molecule has 0 unspecified atom stereocenters. The first-order valence-electron chi connectivity index (χ1n) is 7.35. The topological polar surface area (TPSA) is 49.4 Å². The van der Waals surface area contributed by atoms with Crippen molar-refractivity contribution in [3.63, 3.8) is 0 Å². The first kappa shape index (κ1) is 15.5. The molecule has 1 N–H and O–H groups in total. The van der Waals surface area contributed by atoms with Gasteiger partial charge in [-0.2, -0.15) is 4.31 Å². The van der Waals surface area contributed by atoms with Gasteiger partial charge in [-0.05, 0) is 50.9 Å². The Hall–Kier alpha value is -0.910. The molecule has 0 amide bonds. The number of aryl methyl sites for hydroxylation is 1. The van der Waals surface area contributed by atoms with Gasteiger partial charge in [0.25, 0.3) is 0 Å². The van der Waals surface area contributed by atoms with E-state index in [1.54, 1.807) is 16.4 Å². The summed E-state index contributed by atoms with van der Waals surface area (Å²) in [5.41, 5.74) is 0.822. The van der Waals surface area contributed by atoms with Crippen molar-refractivity contribution < 1.29 is 8.42 Å². The Morgan fingerprint density at radius 2 is 1.90 bits per heavy atom. The standard InChI is InChI=1S/C15H24N2O2S/c1-3-12-17(14-8-10-16-11-9-14)20(18,19)15-7-5-4-6-13(15)2/h4-7,14,16H,3,8-12H2,1-2H3. The predicted octanol–water partition coefficient (Wildman–Crippen LogP) is 2.15. The smallest absolute Gasteiger partial charge is 0.243 e. The van der Waals surface area contributed by atoms with Crippen molar-refractivity contribution in [3.8, 4) is 0 Å². The summed E-state index contributed by atoms with van der Waals surface area (Å²) in [6.45, 7) is 6.28. The number of sulfonamides is 1. The highest BCUT2D eigenvalue weighted by atomic mass is 32.2. The van der Waals surface area contributed by atoms with Crippen molar-refractivity contribution in [3.05, 3.63) is 29.8 Å². The molecule has 112 valence electrons. The molecule has 20 heavy (non-hydrogen) atoms. The fraction of sp³-hybridized carbons (Fsp3) is 0.600. The minimum absolute atomic E-state index is 0.126. The molecule has 0 saturated carbocycles. The molecule has 0 spiro atoms. The molecule has 1 fully saturated rings. The summed E-state index contributed by atoms with van der Waals surface area (Å²) in [7, 11) is -3.39. The monoisotopic (exact) mass is 296 g/mol. The number of nitrogens with zero attached hydrogens (tertiary/aromatic N) is 1. The molecule has 5 heteroatoms. The number of benzene rings is 1. The second kappa shape index (κ2) is 6.70. The maximum absolute atomic E-state index is 12.9. The molecule has 0 aromatic heterocycles. The summed E-state index contributed by atoms with van der Waals surface area (Å²) in [6, 6.07) is 7.38. The molecular weight excluding hydrogens is 272 g/mol.